The Hall–Kier alpha value is -2.61. The third-order valence-electron chi connectivity index (χ3n) is 6.10. The van der Waals surface area contributed by atoms with Gasteiger partial charge in [0.25, 0.3) is 0 Å². The summed E-state index contributed by atoms with van der Waals surface area (Å²) in [5, 5.41) is 18.0. The van der Waals surface area contributed by atoms with Crippen molar-refractivity contribution in [2.75, 3.05) is 13.2 Å². The summed E-state index contributed by atoms with van der Waals surface area (Å²) in [6, 6.07) is 8.57. The number of nitrogens with one attached hydrogen (secondary N) is 3. The summed E-state index contributed by atoms with van der Waals surface area (Å²) in [6.07, 6.45) is 3.14. The standard InChI is InChI=1S/C24H35N3O5/c1-16(2)12-20(22(30)26-19(15-28)13-18-8-11-25-21(18)29)27-23(31)32-24(9-10-24)14-17-6-4-3-5-7-17/h3-7,16,18-20,28H,8-15H2,1-2H3,(H,25,29)(H,26,30)(H,27,31). The van der Waals surface area contributed by atoms with Crippen LogP contribution in [-0.2, 0) is 20.7 Å². The molecule has 1 saturated heterocycles. The normalized spacial score (nSPS) is 20.9. The van der Waals surface area contributed by atoms with Crippen molar-refractivity contribution in [1.29, 1.82) is 0 Å². The van der Waals surface area contributed by atoms with Crippen LogP contribution in [-0.4, -0.2) is 53.9 Å². The van der Waals surface area contributed by atoms with Crippen molar-refractivity contribution >= 4 is 17.9 Å². The third kappa shape index (κ3) is 6.95. The predicted octanol–water partition coefficient (Wildman–Crippen LogP) is 1.91. The molecule has 3 unspecified atom stereocenters. The summed E-state index contributed by atoms with van der Waals surface area (Å²) >= 11 is 0. The second kappa shape index (κ2) is 10.8. The minimum Gasteiger partial charge on any atom is -0.443 e. The lowest BCUT2D eigenvalue weighted by molar-refractivity contribution is -0.126. The highest BCUT2D eigenvalue weighted by atomic mass is 16.6. The van der Waals surface area contributed by atoms with Crippen molar-refractivity contribution in [2.24, 2.45) is 11.8 Å². The monoisotopic (exact) mass is 445 g/mol. The van der Waals surface area contributed by atoms with Crippen LogP contribution in [0.2, 0.25) is 0 Å². The molecular weight excluding hydrogens is 410 g/mol. The zero-order chi connectivity index (χ0) is 23.1. The average molecular weight is 446 g/mol. The zero-order valence-electron chi connectivity index (χ0n) is 18.9. The molecule has 3 atom stereocenters. The molecule has 1 aromatic carbocycles. The molecule has 1 aromatic rings. The molecule has 8 heteroatoms. The van der Waals surface area contributed by atoms with Gasteiger partial charge in [-0.1, -0.05) is 44.2 Å². The average Bonchev–Trinajstić information content (AvgIpc) is 3.37. The Morgan fingerprint density at radius 3 is 2.50 bits per heavy atom. The number of hydrogen-bond acceptors (Lipinski definition) is 5. The van der Waals surface area contributed by atoms with Gasteiger partial charge in [-0.2, -0.15) is 0 Å². The number of ether oxygens (including phenoxy) is 1. The number of amides is 3. The number of hydrogen-bond donors (Lipinski definition) is 4. The molecule has 1 saturated carbocycles. The van der Waals surface area contributed by atoms with Gasteiger partial charge in [0.15, 0.2) is 0 Å². The van der Waals surface area contributed by atoms with E-state index in [2.05, 4.69) is 16.0 Å². The molecule has 3 amide bonds. The largest absolute Gasteiger partial charge is 0.443 e. The van der Waals surface area contributed by atoms with Gasteiger partial charge >= 0.3 is 6.09 Å². The maximum atomic E-state index is 12.9. The smallest absolute Gasteiger partial charge is 0.408 e. The van der Waals surface area contributed by atoms with Gasteiger partial charge in [0.05, 0.1) is 12.6 Å². The van der Waals surface area contributed by atoms with Crippen LogP contribution in [0, 0.1) is 11.8 Å². The Bertz CT molecular complexity index is 794. The molecular formula is C24H35N3O5. The number of benzene rings is 1. The molecule has 0 aromatic heterocycles. The van der Waals surface area contributed by atoms with Crippen LogP contribution < -0.4 is 16.0 Å². The first kappa shape index (κ1) is 24.0. The minimum absolute atomic E-state index is 0.0497. The fourth-order valence-corrected chi connectivity index (χ4v) is 4.19. The molecule has 176 valence electrons. The summed E-state index contributed by atoms with van der Waals surface area (Å²) in [7, 11) is 0. The van der Waals surface area contributed by atoms with E-state index < -0.39 is 23.8 Å². The highest BCUT2D eigenvalue weighted by Gasteiger charge is 2.47. The first-order chi connectivity index (χ1) is 15.3. The van der Waals surface area contributed by atoms with Gasteiger partial charge in [0.2, 0.25) is 11.8 Å². The number of carbonyl (C=O) groups is 3. The highest BCUT2D eigenvalue weighted by molar-refractivity contribution is 5.86. The molecule has 1 aliphatic carbocycles. The van der Waals surface area contributed by atoms with Gasteiger partial charge in [0.1, 0.15) is 11.6 Å². The number of carbonyl (C=O) groups excluding carboxylic acids is 3. The van der Waals surface area contributed by atoms with E-state index in [1.807, 2.05) is 44.2 Å². The van der Waals surface area contributed by atoms with E-state index in [0.717, 1.165) is 18.4 Å². The number of aliphatic hydroxyl groups is 1. The molecule has 32 heavy (non-hydrogen) atoms. The lowest BCUT2D eigenvalue weighted by atomic mass is 9.97. The van der Waals surface area contributed by atoms with Gasteiger partial charge in [-0.3, -0.25) is 9.59 Å². The van der Waals surface area contributed by atoms with E-state index >= 15 is 0 Å². The lowest BCUT2D eigenvalue weighted by Crippen LogP contribution is -2.52. The zero-order valence-corrected chi connectivity index (χ0v) is 18.9. The molecule has 0 bridgehead atoms. The number of alkyl carbamates (subject to hydrolysis) is 1. The van der Waals surface area contributed by atoms with Crippen molar-refractivity contribution < 1.29 is 24.2 Å². The fraction of sp³-hybridized carbons (Fsp3) is 0.625. The van der Waals surface area contributed by atoms with Gasteiger partial charge in [-0.05, 0) is 43.6 Å². The molecule has 4 N–H and O–H groups in total. The van der Waals surface area contributed by atoms with E-state index in [9.17, 15) is 19.5 Å². The Morgan fingerprint density at radius 1 is 1.22 bits per heavy atom. The Labute approximate surface area is 189 Å². The minimum atomic E-state index is -0.776. The topological polar surface area (TPSA) is 117 Å². The first-order valence-electron chi connectivity index (χ1n) is 11.5. The predicted molar refractivity (Wildman–Crippen MR) is 120 cm³/mol. The highest BCUT2D eigenvalue weighted by Crippen LogP contribution is 2.42. The fourth-order valence-electron chi connectivity index (χ4n) is 4.19. The van der Waals surface area contributed by atoms with Crippen molar-refractivity contribution in [2.45, 2.75) is 70.1 Å². The summed E-state index contributed by atoms with van der Waals surface area (Å²) in [5.41, 5.74) is 0.601. The summed E-state index contributed by atoms with van der Waals surface area (Å²) in [4.78, 5) is 37.4. The van der Waals surface area contributed by atoms with Crippen molar-refractivity contribution in [1.82, 2.24) is 16.0 Å². The maximum Gasteiger partial charge on any atom is 0.408 e. The lowest BCUT2D eigenvalue weighted by Gasteiger charge is -2.25. The van der Waals surface area contributed by atoms with Crippen LogP contribution in [0.4, 0.5) is 4.79 Å². The number of rotatable bonds is 11. The van der Waals surface area contributed by atoms with Crippen molar-refractivity contribution in [3.05, 3.63) is 35.9 Å². The Morgan fingerprint density at radius 2 is 1.94 bits per heavy atom. The summed E-state index contributed by atoms with van der Waals surface area (Å²) < 4.78 is 5.74. The van der Waals surface area contributed by atoms with E-state index in [0.29, 0.717) is 32.2 Å². The van der Waals surface area contributed by atoms with Crippen LogP contribution in [0.25, 0.3) is 0 Å². The van der Waals surface area contributed by atoms with Crippen LogP contribution in [0.5, 0.6) is 0 Å². The van der Waals surface area contributed by atoms with Gasteiger partial charge in [-0.15, -0.1) is 0 Å². The van der Waals surface area contributed by atoms with E-state index in [1.165, 1.54) is 0 Å². The molecule has 1 aliphatic heterocycles. The van der Waals surface area contributed by atoms with Crippen LogP contribution in [0.3, 0.4) is 0 Å². The van der Waals surface area contributed by atoms with Crippen molar-refractivity contribution in [3.8, 4) is 0 Å². The van der Waals surface area contributed by atoms with Gasteiger partial charge in [-0.25, -0.2) is 4.79 Å². The van der Waals surface area contributed by atoms with E-state index in [4.69, 9.17) is 4.74 Å². The summed E-state index contributed by atoms with van der Waals surface area (Å²) in [5.74, 6) is -0.479. The molecule has 8 nitrogen and oxygen atoms in total. The number of aliphatic hydroxyl groups excluding tert-OH is 1. The van der Waals surface area contributed by atoms with E-state index in [1.54, 1.807) is 0 Å². The van der Waals surface area contributed by atoms with Crippen molar-refractivity contribution in [3.63, 3.8) is 0 Å². The molecule has 0 spiro atoms. The maximum absolute atomic E-state index is 12.9. The van der Waals surface area contributed by atoms with E-state index in [-0.39, 0.29) is 30.3 Å². The summed E-state index contributed by atoms with van der Waals surface area (Å²) in [6.45, 7) is 4.28. The Kier molecular flexibility index (Phi) is 8.12. The molecule has 3 rings (SSSR count). The van der Waals surface area contributed by atoms with Gasteiger partial charge < -0.3 is 25.8 Å². The molecule has 2 aliphatic rings. The second-order valence-electron chi connectivity index (χ2n) is 9.46. The van der Waals surface area contributed by atoms with Crippen LogP contribution >= 0.6 is 0 Å². The SMILES string of the molecule is CC(C)CC(NC(=O)OC1(Cc2ccccc2)CC1)C(=O)NC(CO)CC1CCNC1=O. The van der Waals surface area contributed by atoms with Crippen LogP contribution in [0.15, 0.2) is 30.3 Å². The first-order valence-corrected chi connectivity index (χ1v) is 11.5. The quantitative estimate of drug-likeness (QED) is 0.415. The second-order valence-corrected chi connectivity index (χ2v) is 9.46. The molecule has 2 fully saturated rings. The Balaban J connectivity index is 1.55. The molecule has 0 radical (unpaired) electrons. The van der Waals surface area contributed by atoms with Crippen LogP contribution in [0.1, 0.15) is 51.5 Å². The third-order valence-corrected chi connectivity index (χ3v) is 6.10. The molecule has 1 heterocycles. The van der Waals surface area contributed by atoms with Gasteiger partial charge in [0, 0.05) is 18.9 Å².